The summed E-state index contributed by atoms with van der Waals surface area (Å²) < 4.78 is 19.5. The van der Waals surface area contributed by atoms with Gasteiger partial charge in [-0.2, -0.15) is 0 Å². The van der Waals surface area contributed by atoms with Gasteiger partial charge in [0.15, 0.2) is 0 Å². The first-order chi connectivity index (χ1) is 11.2. The van der Waals surface area contributed by atoms with Crippen molar-refractivity contribution in [3.63, 3.8) is 0 Å². The fourth-order valence-corrected chi connectivity index (χ4v) is 2.74. The van der Waals surface area contributed by atoms with Crippen LogP contribution in [-0.2, 0) is 6.54 Å². The number of hydrogen-bond acceptors (Lipinski definition) is 3. The largest absolute Gasteiger partial charge is 0.474 e. The molecule has 0 atom stereocenters. The first-order valence-corrected chi connectivity index (χ1v) is 7.87. The van der Waals surface area contributed by atoms with Crippen molar-refractivity contribution in [3.8, 4) is 5.88 Å². The van der Waals surface area contributed by atoms with Crippen LogP contribution < -0.4 is 10.1 Å². The molecule has 0 saturated heterocycles. The smallest absolute Gasteiger partial charge is 0.254 e. The summed E-state index contributed by atoms with van der Waals surface area (Å²) in [6, 6.07) is 9.58. The average molecular weight is 314 g/mol. The Labute approximate surface area is 134 Å². The second-order valence-electron chi connectivity index (χ2n) is 5.65. The van der Waals surface area contributed by atoms with Crippen LogP contribution in [0, 0.1) is 5.82 Å². The molecule has 1 amide bonds. The third-order valence-corrected chi connectivity index (χ3v) is 3.99. The van der Waals surface area contributed by atoms with E-state index in [-0.39, 0.29) is 18.2 Å². The van der Waals surface area contributed by atoms with Crippen molar-refractivity contribution in [2.45, 2.75) is 38.3 Å². The maximum absolute atomic E-state index is 13.6. The Morgan fingerprint density at radius 1 is 1.22 bits per heavy atom. The van der Waals surface area contributed by atoms with E-state index in [9.17, 15) is 9.18 Å². The van der Waals surface area contributed by atoms with Gasteiger partial charge in [0.25, 0.3) is 5.91 Å². The maximum atomic E-state index is 13.6. The van der Waals surface area contributed by atoms with E-state index in [4.69, 9.17) is 4.74 Å². The predicted molar refractivity (Wildman–Crippen MR) is 84.7 cm³/mol. The van der Waals surface area contributed by atoms with E-state index < -0.39 is 11.7 Å². The lowest BCUT2D eigenvalue weighted by Crippen LogP contribution is -2.24. The number of rotatable bonds is 5. The van der Waals surface area contributed by atoms with E-state index >= 15 is 0 Å². The summed E-state index contributed by atoms with van der Waals surface area (Å²) in [5.41, 5.74) is 0.832. The number of benzene rings is 1. The topological polar surface area (TPSA) is 51.2 Å². The number of amides is 1. The van der Waals surface area contributed by atoms with Gasteiger partial charge < -0.3 is 10.1 Å². The van der Waals surface area contributed by atoms with Crippen molar-refractivity contribution in [1.29, 1.82) is 0 Å². The number of hydrogen-bond donors (Lipinski definition) is 1. The van der Waals surface area contributed by atoms with E-state index in [0.29, 0.717) is 5.88 Å². The van der Waals surface area contributed by atoms with Gasteiger partial charge >= 0.3 is 0 Å². The minimum atomic E-state index is -0.529. The summed E-state index contributed by atoms with van der Waals surface area (Å²) in [7, 11) is 0. The number of carbonyl (C=O) groups is 1. The first-order valence-electron chi connectivity index (χ1n) is 7.87. The Bertz CT molecular complexity index is 684. The van der Waals surface area contributed by atoms with Gasteiger partial charge in [-0.1, -0.05) is 18.2 Å². The minimum Gasteiger partial charge on any atom is -0.474 e. The molecule has 1 fully saturated rings. The van der Waals surface area contributed by atoms with E-state index in [2.05, 4.69) is 10.3 Å². The molecule has 1 saturated carbocycles. The van der Waals surface area contributed by atoms with Gasteiger partial charge in [-0.25, -0.2) is 9.37 Å². The van der Waals surface area contributed by atoms with Crippen LogP contribution in [-0.4, -0.2) is 17.0 Å². The maximum Gasteiger partial charge on any atom is 0.254 e. The van der Waals surface area contributed by atoms with Crippen molar-refractivity contribution in [2.24, 2.45) is 0 Å². The number of nitrogens with one attached hydrogen (secondary N) is 1. The third-order valence-electron chi connectivity index (χ3n) is 3.99. The molecule has 1 aliphatic carbocycles. The summed E-state index contributed by atoms with van der Waals surface area (Å²) in [5.74, 6) is -0.425. The van der Waals surface area contributed by atoms with Crippen molar-refractivity contribution in [1.82, 2.24) is 10.3 Å². The van der Waals surface area contributed by atoms with Crippen LogP contribution in [0.4, 0.5) is 4.39 Å². The Morgan fingerprint density at radius 3 is 2.78 bits per heavy atom. The molecule has 1 heterocycles. The van der Waals surface area contributed by atoms with Gasteiger partial charge in [0.1, 0.15) is 11.9 Å². The summed E-state index contributed by atoms with van der Waals surface area (Å²) in [6.45, 7) is 0.253. The molecule has 0 bridgehead atoms. The van der Waals surface area contributed by atoms with Crippen LogP contribution in [0.3, 0.4) is 0 Å². The summed E-state index contributed by atoms with van der Waals surface area (Å²) in [5, 5.41) is 2.72. The molecule has 5 heteroatoms. The van der Waals surface area contributed by atoms with Gasteiger partial charge in [-0.15, -0.1) is 0 Å². The zero-order valence-electron chi connectivity index (χ0n) is 12.8. The van der Waals surface area contributed by atoms with E-state index in [1.54, 1.807) is 24.4 Å². The Kier molecular flexibility index (Phi) is 4.86. The van der Waals surface area contributed by atoms with Gasteiger partial charge in [-0.3, -0.25) is 4.79 Å². The van der Waals surface area contributed by atoms with Crippen molar-refractivity contribution >= 4 is 5.91 Å². The Morgan fingerprint density at radius 2 is 2.00 bits per heavy atom. The monoisotopic (exact) mass is 314 g/mol. The molecule has 1 aromatic carbocycles. The molecule has 23 heavy (non-hydrogen) atoms. The number of halogens is 1. The molecule has 0 spiro atoms. The van der Waals surface area contributed by atoms with E-state index in [0.717, 1.165) is 18.4 Å². The third kappa shape index (κ3) is 3.86. The number of nitrogens with zero attached hydrogens (tertiary/aromatic N) is 1. The molecule has 120 valence electrons. The minimum absolute atomic E-state index is 0.0367. The van der Waals surface area contributed by atoms with E-state index in [1.165, 1.54) is 25.0 Å². The Hall–Kier alpha value is -2.43. The molecule has 0 unspecified atom stereocenters. The van der Waals surface area contributed by atoms with Gasteiger partial charge in [0.2, 0.25) is 5.88 Å². The summed E-state index contributed by atoms with van der Waals surface area (Å²) in [6.07, 6.45) is 6.31. The fraction of sp³-hybridized carbons (Fsp3) is 0.333. The second-order valence-corrected chi connectivity index (χ2v) is 5.65. The predicted octanol–water partition coefficient (Wildman–Crippen LogP) is 3.47. The molecule has 0 aliphatic heterocycles. The first kappa shape index (κ1) is 15.5. The fourth-order valence-electron chi connectivity index (χ4n) is 2.74. The molecule has 2 aromatic rings. The molecule has 1 aliphatic rings. The molecular formula is C18H19FN2O2. The highest BCUT2D eigenvalue weighted by Crippen LogP contribution is 2.25. The summed E-state index contributed by atoms with van der Waals surface area (Å²) in [4.78, 5) is 16.3. The lowest BCUT2D eigenvalue weighted by molar-refractivity contribution is 0.0946. The number of carbonyl (C=O) groups excluding carboxylic acids is 1. The molecular weight excluding hydrogens is 295 g/mol. The number of aromatic nitrogens is 1. The molecule has 1 N–H and O–H groups in total. The zero-order chi connectivity index (χ0) is 16.1. The SMILES string of the molecule is O=C(NCc1cccnc1OC1CCCC1)c1ccccc1F. The highest BCUT2D eigenvalue weighted by Gasteiger charge is 2.19. The highest BCUT2D eigenvalue weighted by atomic mass is 19.1. The number of ether oxygens (including phenoxy) is 1. The standard InChI is InChI=1S/C18H19FN2O2/c19-16-10-4-3-9-15(16)17(22)21-12-13-6-5-11-20-18(13)23-14-7-1-2-8-14/h3-6,9-11,14H,1-2,7-8,12H2,(H,21,22). The molecule has 3 rings (SSSR count). The van der Waals surface area contributed by atoms with Gasteiger partial charge in [-0.05, 0) is 43.9 Å². The normalized spacial score (nSPS) is 14.7. The lowest BCUT2D eigenvalue weighted by Gasteiger charge is -2.15. The average Bonchev–Trinajstić information content (AvgIpc) is 3.07. The van der Waals surface area contributed by atoms with Crippen molar-refractivity contribution in [3.05, 3.63) is 59.5 Å². The molecule has 1 aromatic heterocycles. The molecule has 0 radical (unpaired) electrons. The molecule has 4 nitrogen and oxygen atoms in total. The Balaban J connectivity index is 1.66. The van der Waals surface area contributed by atoms with E-state index in [1.807, 2.05) is 6.07 Å². The highest BCUT2D eigenvalue weighted by molar-refractivity contribution is 5.94. The summed E-state index contributed by atoms with van der Waals surface area (Å²) >= 11 is 0. The zero-order valence-corrected chi connectivity index (χ0v) is 12.8. The van der Waals surface area contributed by atoms with Crippen LogP contribution in [0.15, 0.2) is 42.6 Å². The quantitative estimate of drug-likeness (QED) is 0.919. The van der Waals surface area contributed by atoms with Crippen LogP contribution in [0.25, 0.3) is 0 Å². The second kappa shape index (κ2) is 7.22. The lowest BCUT2D eigenvalue weighted by atomic mass is 10.2. The van der Waals surface area contributed by atoms with Crippen molar-refractivity contribution < 1.29 is 13.9 Å². The van der Waals surface area contributed by atoms with Crippen LogP contribution in [0.5, 0.6) is 5.88 Å². The van der Waals surface area contributed by atoms with Crippen LogP contribution >= 0.6 is 0 Å². The number of pyridine rings is 1. The van der Waals surface area contributed by atoms with Crippen LogP contribution in [0.1, 0.15) is 41.6 Å². The van der Waals surface area contributed by atoms with Crippen LogP contribution in [0.2, 0.25) is 0 Å². The van der Waals surface area contributed by atoms with Gasteiger partial charge in [0, 0.05) is 18.3 Å². The van der Waals surface area contributed by atoms with Gasteiger partial charge in [0.05, 0.1) is 5.56 Å². The van der Waals surface area contributed by atoms with Crippen molar-refractivity contribution in [2.75, 3.05) is 0 Å².